The largest absolute Gasteiger partial charge is 0.573 e. The predicted molar refractivity (Wildman–Crippen MR) is 102 cm³/mol. The number of rotatable bonds is 7. The molecule has 2 aromatic carbocycles. The Morgan fingerprint density at radius 2 is 1.80 bits per heavy atom. The van der Waals surface area contributed by atoms with Gasteiger partial charge in [0.2, 0.25) is 5.95 Å². The van der Waals surface area contributed by atoms with Crippen molar-refractivity contribution in [3.05, 3.63) is 54.6 Å². The minimum atomic E-state index is -4.84. The molecule has 4 N–H and O–H groups in total. The first-order valence-electron chi connectivity index (χ1n) is 8.45. The van der Waals surface area contributed by atoms with Gasteiger partial charge >= 0.3 is 12.3 Å². The van der Waals surface area contributed by atoms with E-state index in [0.29, 0.717) is 11.3 Å². The molecule has 0 saturated heterocycles. The fourth-order valence-corrected chi connectivity index (χ4v) is 2.44. The Morgan fingerprint density at radius 3 is 2.47 bits per heavy atom. The summed E-state index contributed by atoms with van der Waals surface area (Å²) in [5.41, 5.74) is 1.09. The third kappa shape index (κ3) is 5.99. The Kier molecular flexibility index (Phi) is 5.90. The van der Waals surface area contributed by atoms with E-state index < -0.39 is 24.6 Å². The lowest BCUT2D eigenvalue weighted by Gasteiger charge is -2.12. The average molecular weight is 420 g/mol. The van der Waals surface area contributed by atoms with Gasteiger partial charge in [-0.2, -0.15) is 4.98 Å². The second-order valence-electron chi connectivity index (χ2n) is 5.96. The van der Waals surface area contributed by atoms with Crippen molar-refractivity contribution >= 4 is 23.4 Å². The van der Waals surface area contributed by atoms with Crippen molar-refractivity contribution in [1.82, 2.24) is 9.97 Å². The average Bonchev–Trinajstić information content (AvgIpc) is 2.67. The van der Waals surface area contributed by atoms with Gasteiger partial charge in [0.25, 0.3) is 0 Å². The van der Waals surface area contributed by atoms with Gasteiger partial charge in [0.1, 0.15) is 23.9 Å². The number of nitrogens with zero attached hydrogens (tertiary/aromatic N) is 2. The van der Waals surface area contributed by atoms with Gasteiger partial charge < -0.3 is 25.6 Å². The van der Waals surface area contributed by atoms with E-state index in [-0.39, 0.29) is 23.2 Å². The molecule has 8 nitrogen and oxygen atoms in total. The molecule has 3 aromatic rings. The van der Waals surface area contributed by atoms with Gasteiger partial charge in [0, 0.05) is 17.3 Å². The number of nitrogens with one attached hydrogen (secondary N) is 2. The summed E-state index contributed by atoms with van der Waals surface area (Å²) in [5.74, 6) is -1.29. The van der Waals surface area contributed by atoms with Crippen molar-refractivity contribution in [3.8, 4) is 22.8 Å². The van der Waals surface area contributed by atoms with Gasteiger partial charge in [-0.3, -0.25) is 4.79 Å². The Bertz CT molecular complexity index is 1040. The molecule has 0 atom stereocenters. The SMILES string of the molecule is O=C(O)CNc1nc(Nc2ccc(O)cc2)cc(-c2cccc(OC(F)(F)F)c2)n1. The molecule has 3 rings (SSSR count). The number of ether oxygens (including phenoxy) is 1. The number of alkyl halides is 3. The highest BCUT2D eigenvalue weighted by atomic mass is 19.4. The van der Waals surface area contributed by atoms with E-state index in [4.69, 9.17) is 5.11 Å². The third-order valence-electron chi connectivity index (χ3n) is 3.63. The molecule has 1 heterocycles. The fourth-order valence-electron chi connectivity index (χ4n) is 2.44. The van der Waals surface area contributed by atoms with Gasteiger partial charge in [-0.05, 0) is 36.4 Å². The molecule has 156 valence electrons. The van der Waals surface area contributed by atoms with Gasteiger partial charge in [-0.1, -0.05) is 12.1 Å². The minimum Gasteiger partial charge on any atom is -0.508 e. The molecule has 0 aliphatic carbocycles. The number of phenolic OH excluding ortho intramolecular Hbond substituents is 1. The van der Waals surface area contributed by atoms with Crippen LogP contribution in [0.25, 0.3) is 11.3 Å². The second kappa shape index (κ2) is 8.55. The smallest absolute Gasteiger partial charge is 0.508 e. The summed E-state index contributed by atoms with van der Waals surface area (Å²) < 4.78 is 41.5. The maximum Gasteiger partial charge on any atom is 0.573 e. The van der Waals surface area contributed by atoms with E-state index in [1.165, 1.54) is 30.3 Å². The van der Waals surface area contributed by atoms with Crippen molar-refractivity contribution in [2.45, 2.75) is 6.36 Å². The summed E-state index contributed by atoms with van der Waals surface area (Å²) >= 11 is 0. The normalized spacial score (nSPS) is 11.0. The van der Waals surface area contributed by atoms with Gasteiger partial charge in [-0.15, -0.1) is 13.2 Å². The van der Waals surface area contributed by atoms with Crippen molar-refractivity contribution < 1.29 is 32.9 Å². The molecule has 0 radical (unpaired) electrons. The summed E-state index contributed by atoms with van der Waals surface area (Å²) in [7, 11) is 0. The second-order valence-corrected chi connectivity index (χ2v) is 5.96. The lowest BCUT2D eigenvalue weighted by Crippen LogP contribution is -2.17. The van der Waals surface area contributed by atoms with Crippen LogP contribution in [0, 0.1) is 0 Å². The number of hydrogen-bond acceptors (Lipinski definition) is 7. The molecule has 0 fully saturated rings. The van der Waals surface area contributed by atoms with Crippen molar-refractivity contribution in [1.29, 1.82) is 0 Å². The maximum absolute atomic E-state index is 12.5. The molecule has 0 saturated carbocycles. The third-order valence-corrected chi connectivity index (χ3v) is 3.63. The van der Waals surface area contributed by atoms with Crippen LogP contribution in [0.15, 0.2) is 54.6 Å². The lowest BCUT2D eigenvalue weighted by atomic mass is 10.1. The van der Waals surface area contributed by atoms with E-state index in [1.807, 2.05) is 0 Å². The number of hydrogen-bond donors (Lipinski definition) is 4. The molecule has 0 spiro atoms. The summed E-state index contributed by atoms with van der Waals surface area (Å²) in [5, 5.41) is 23.7. The van der Waals surface area contributed by atoms with Crippen LogP contribution in [0.4, 0.5) is 30.6 Å². The maximum atomic E-state index is 12.5. The quantitative estimate of drug-likeness (QED) is 0.424. The highest BCUT2D eigenvalue weighted by molar-refractivity contribution is 5.73. The Balaban J connectivity index is 1.96. The number of carboxylic acid groups (broad SMARTS) is 1. The first-order valence-corrected chi connectivity index (χ1v) is 8.45. The highest BCUT2D eigenvalue weighted by Crippen LogP contribution is 2.29. The first-order chi connectivity index (χ1) is 14.2. The molecule has 0 aliphatic heterocycles. The molecule has 1 aromatic heterocycles. The van der Waals surface area contributed by atoms with Crippen LogP contribution in [-0.4, -0.2) is 39.1 Å². The van der Waals surface area contributed by atoms with Crippen LogP contribution in [0.5, 0.6) is 11.5 Å². The molecule has 0 unspecified atom stereocenters. The first kappa shape index (κ1) is 20.7. The van der Waals surface area contributed by atoms with E-state index in [9.17, 15) is 23.1 Å². The zero-order valence-electron chi connectivity index (χ0n) is 15.1. The Morgan fingerprint density at radius 1 is 1.07 bits per heavy atom. The van der Waals surface area contributed by atoms with E-state index >= 15 is 0 Å². The number of aliphatic carboxylic acids is 1. The van der Waals surface area contributed by atoms with E-state index in [2.05, 4.69) is 25.3 Å². The number of anilines is 3. The molecule has 30 heavy (non-hydrogen) atoms. The molecule has 0 amide bonds. The topological polar surface area (TPSA) is 117 Å². The monoisotopic (exact) mass is 420 g/mol. The van der Waals surface area contributed by atoms with Gasteiger partial charge in [0.15, 0.2) is 0 Å². The van der Waals surface area contributed by atoms with Gasteiger partial charge in [0.05, 0.1) is 5.69 Å². The van der Waals surface area contributed by atoms with Crippen LogP contribution in [0.2, 0.25) is 0 Å². The number of phenols is 1. The lowest BCUT2D eigenvalue weighted by molar-refractivity contribution is -0.274. The highest BCUT2D eigenvalue weighted by Gasteiger charge is 2.31. The fraction of sp³-hybridized carbons (Fsp3) is 0.105. The minimum absolute atomic E-state index is 0.0432. The van der Waals surface area contributed by atoms with Crippen LogP contribution >= 0.6 is 0 Å². The molecule has 11 heteroatoms. The number of carboxylic acids is 1. The number of carbonyl (C=O) groups is 1. The van der Waals surface area contributed by atoms with Crippen molar-refractivity contribution in [2.75, 3.05) is 17.2 Å². The van der Waals surface area contributed by atoms with E-state index in [0.717, 1.165) is 12.1 Å². The van der Waals surface area contributed by atoms with Crippen LogP contribution in [0.3, 0.4) is 0 Å². The van der Waals surface area contributed by atoms with Crippen LogP contribution < -0.4 is 15.4 Å². The number of benzene rings is 2. The number of halogens is 3. The molecule has 0 bridgehead atoms. The molecular weight excluding hydrogens is 405 g/mol. The Labute approximate surface area is 168 Å². The number of aromatic nitrogens is 2. The van der Waals surface area contributed by atoms with Crippen LogP contribution in [-0.2, 0) is 4.79 Å². The zero-order valence-corrected chi connectivity index (χ0v) is 15.1. The number of aromatic hydroxyl groups is 1. The standard InChI is InChI=1S/C19H15F3N4O4/c20-19(21,22)30-14-3-1-2-11(8-14)15-9-16(24-12-4-6-13(27)7-5-12)26-18(25-15)23-10-17(28)29/h1-9,27H,10H2,(H,28,29)(H2,23,24,25,26). The van der Waals surface area contributed by atoms with Crippen molar-refractivity contribution in [3.63, 3.8) is 0 Å². The van der Waals surface area contributed by atoms with Crippen molar-refractivity contribution in [2.24, 2.45) is 0 Å². The predicted octanol–water partition coefficient (Wildman–Crippen LogP) is 3.99. The van der Waals surface area contributed by atoms with Crippen LogP contribution in [0.1, 0.15) is 0 Å². The summed E-state index contributed by atoms with van der Waals surface area (Å²) in [6.07, 6.45) is -4.84. The molecule has 0 aliphatic rings. The summed E-state index contributed by atoms with van der Waals surface area (Å²) in [6, 6.07) is 12.7. The molecular formula is C19H15F3N4O4. The zero-order chi connectivity index (χ0) is 21.7. The van der Waals surface area contributed by atoms with E-state index in [1.54, 1.807) is 12.1 Å². The van der Waals surface area contributed by atoms with Gasteiger partial charge in [-0.25, -0.2) is 4.98 Å². The Hall–Kier alpha value is -4.02. The summed E-state index contributed by atoms with van der Waals surface area (Å²) in [4.78, 5) is 19.2. The summed E-state index contributed by atoms with van der Waals surface area (Å²) in [6.45, 7) is -0.459.